The molecule has 1 fully saturated rings. The standard InChI is InChI=1S/C25H25F2N3O2S/c1-16-11-17(2)13-20(12-16)30-10-7-28-25(30)33-15-23(31)29-8-5-18(6-9-29)24(32)21-14-19(26)3-4-22(21)27/h3-4,7,10-14,18H,5-6,8-9,15H2,1-2H3. The van der Waals surface area contributed by atoms with E-state index in [1.807, 2.05) is 24.6 Å². The first-order chi connectivity index (χ1) is 15.8. The highest BCUT2D eigenvalue weighted by Gasteiger charge is 2.29. The third-order valence-electron chi connectivity index (χ3n) is 5.83. The second-order valence-electron chi connectivity index (χ2n) is 8.36. The highest BCUT2D eigenvalue weighted by Crippen LogP contribution is 2.26. The minimum Gasteiger partial charge on any atom is -0.342 e. The van der Waals surface area contributed by atoms with Crippen LogP contribution < -0.4 is 0 Å². The van der Waals surface area contributed by atoms with E-state index in [-0.39, 0.29) is 17.2 Å². The molecular formula is C25H25F2N3O2S. The summed E-state index contributed by atoms with van der Waals surface area (Å²) < 4.78 is 29.4. The van der Waals surface area contributed by atoms with Crippen LogP contribution >= 0.6 is 11.8 Å². The lowest BCUT2D eigenvalue weighted by atomic mass is 9.88. The molecule has 0 saturated carbocycles. The van der Waals surface area contributed by atoms with Crippen LogP contribution in [-0.2, 0) is 4.79 Å². The van der Waals surface area contributed by atoms with E-state index in [1.165, 1.54) is 11.8 Å². The molecule has 1 saturated heterocycles. The van der Waals surface area contributed by atoms with Crippen molar-refractivity contribution in [1.29, 1.82) is 0 Å². The topological polar surface area (TPSA) is 55.2 Å². The lowest BCUT2D eigenvalue weighted by Crippen LogP contribution is -2.41. The number of piperidine rings is 1. The number of likely N-dealkylation sites (tertiary alicyclic amines) is 1. The van der Waals surface area contributed by atoms with Crippen LogP contribution in [0.15, 0.2) is 53.9 Å². The Balaban J connectivity index is 1.34. The van der Waals surface area contributed by atoms with Gasteiger partial charge >= 0.3 is 0 Å². The van der Waals surface area contributed by atoms with Crippen molar-refractivity contribution in [3.05, 3.63) is 77.1 Å². The van der Waals surface area contributed by atoms with E-state index in [0.29, 0.717) is 25.9 Å². The summed E-state index contributed by atoms with van der Waals surface area (Å²) in [6.07, 6.45) is 4.46. The summed E-state index contributed by atoms with van der Waals surface area (Å²) in [4.78, 5) is 31.5. The Morgan fingerprint density at radius 2 is 1.76 bits per heavy atom. The molecule has 4 rings (SSSR count). The number of halogens is 2. The van der Waals surface area contributed by atoms with Gasteiger partial charge in [0.2, 0.25) is 5.91 Å². The Bertz CT molecular complexity index is 1170. The molecule has 1 aliphatic heterocycles. The average molecular weight is 470 g/mol. The maximum Gasteiger partial charge on any atom is 0.233 e. The molecule has 0 bridgehead atoms. The van der Waals surface area contributed by atoms with E-state index in [9.17, 15) is 18.4 Å². The van der Waals surface area contributed by atoms with E-state index < -0.39 is 23.3 Å². The van der Waals surface area contributed by atoms with E-state index in [2.05, 4.69) is 23.2 Å². The first-order valence-electron chi connectivity index (χ1n) is 10.8. The number of aryl methyl sites for hydroxylation is 2. The molecule has 0 unspecified atom stereocenters. The smallest absolute Gasteiger partial charge is 0.233 e. The predicted octanol–water partition coefficient (Wildman–Crippen LogP) is 4.98. The summed E-state index contributed by atoms with van der Waals surface area (Å²) in [7, 11) is 0. The van der Waals surface area contributed by atoms with Crippen molar-refractivity contribution in [2.24, 2.45) is 5.92 Å². The van der Waals surface area contributed by atoms with Gasteiger partial charge in [-0.15, -0.1) is 0 Å². The van der Waals surface area contributed by atoms with E-state index >= 15 is 0 Å². The monoisotopic (exact) mass is 469 g/mol. The molecule has 3 aromatic rings. The van der Waals surface area contributed by atoms with Crippen LogP contribution in [0.1, 0.15) is 34.3 Å². The molecule has 0 N–H and O–H groups in total. The zero-order valence-electron chi connectivity index (χ0n) is 18.6. The fourth-order valence-corrected chi connectivity index (χ4v) is 5.07. The molecule has 8 heteroatoms. The third-order valence-corrected chi connectivity index (χ3v) is 6.78. The van der Waals surface area contributed by atoms with Gasteiger partial charge in [-0.3, -0.25) is 14.2 Å². The number of benzene rings is 2. The fourth-order valence-electron chi connectivity index (χ4n) is 4.20. The van der Waals surface area contributed by atoms with Gasteiger partial charge in [0, 0.05) is 37.1 Å². The normalized spacial score (nSPS) is 14.5. The minimum absolute atomic E-state index is 0.0298. The molecule has 172 valence electrons. The highest BCUT2D eigenvalue weighted by molar-refractivity contribution is 7.99. The van der Waals surface area contributed by atoms with Crippen LogP contribution in [0.4, 0.5) is 8.78 Å². The van der Waals surface area contributed by atoms with Crippen molar-refractivity contribution in [1.82, 2.24) is 14.5 Å². The van der Waals surface area contributed by atoms with Crippen LogP contribution in [0.2, 0.25) is 0 Å². The fraction of sp³-hybridized carbons (Fsp3) is 0.320. The molecule has 0 aliphatic carbocycles. The molecule has 1 aliphatic rings. The van der Waals surface area contributed by atoms with Crippen molar-refractivity contribution in [3.63, 3.8) is 0 Å². The van der Waals surface area contributed by atoms with Crippen LogP contribution in [0.25, 0.3) is 5.69 Å². The second-order valence-corrected chi connectivity index (χ2v) is 9.30. The number of rotatable bonds is 6. The maximum atomic E-state index is 14.0. The molecule has 2 aromatic carbocycles. The number of aromatic nitrogens is 2. The minimum atomic E-state index is -0.712. The van der Waals surface area contributed by atoms with Gasteiger partial charge in [-0.2, -0.15) is 0 Å². The second kappa shape index (κ2) is 9.87. The number of carbonyl (C=O) groups excluding carboxylic acids is 2. The molecule has 2 heterocycles. The van der Waals surface area contributed by atoms with Crippen LogP contribution in [0.3, 0.4) is 0 Å². The van der Waals surface area contributed by atoms with Gasteiger partial charge in [-0.25, -0.2) is 13.8 Å². The summed E-state index contributed by atoms with van der Waals surface area (Å²) in [5.41, 5.74) is 3.10. The van der Waals surface area contributed by atoms with Gasteiger partial charge in [0.05, 0.1) is 11.3 Å². The Labute approximate surface area is 195 Å². The number of nitrogens with zero attached hydrogens (tertiary/aromatic N) is 3. The quantitative estimate of drug-likeness (QED) is 0.377. The maximum absolute atomic E-state index is 14.0. The van der Waals surface area contributed by atoms with Crippen molar-refractivity contribution < 1.29 is 18.4 Å². The zero-order chi connectivity index (χ0) is 23.5. The van der Waals surface area contributed by atoms with Crippen molar-refractivity contribution in [3.8, 4) is 5.69 Å². The number of hydrogen-bond donors (Lipinski definition) is 0. The van der Waals surface area contributed by atoms with Gasteiger partial charge in [0.1, 0.15) is 11.6 Å². The van der Waals surface area contributed by atoms with Gasteiger partial charge in [0.15, 0.2) is 10.9 Å². The summed E-state index contributed by atoms with van der Waals surface area (Å²) in [5, 5.41) is 0.736. The van der Waals surface area contributed by atoms with Crippen LogP contribution in [0.5, 0.6) is 0 Å². The first-order valence-corrected chi connectivity index (χ1v) is 11.8. The highest BCUT2D eigenvalue weighted by atomic mass is 32.2. The molecule has 5 nitrogen and oxygen atoms in total. The third kappa shape index (κ3) is 5.33. The molecule has 1 amide bonds. The van der Waals surface area contributed by atoms with Gasteiger partial charge < -0.3 is 4.90 Å². The van der Waals surface area contributed by atoms with Crippen molar-refractivity contribution in [2.75, 3.05) is 18.8 Å². The van der Waals surface area contributed by atoms with Crippen molar-refractivity contribution >= 4 is 23.5 Å². The molecule has 0 spiro atoms. The predicted molar refractivity (Wildman–Crippen MR) is 124 cm³/mol. The molecular weight excluding hydrogens is 444 g/mol. The largest absolute Gasteiger partial charge is 0.342 e. The van der Waals surface area contributed by atoms with Crippen molar-refractivity contribution in [2.45, 2.75) is 31.8 Å². The number of ketones is 1. The summed E-state index contributed by atoms with van der Waals surface area (Å²) in [6.45, 7) is 4.91. The molecule has 33 heavy (non-hydrogen) atoms. The molecule has 1 aromatic heterocycles. The van der Waals surface area contributed by atoms with Gasteiger partial charge in [0.25, 0.3) is 0 Å². The lowest BCUT2D eigenvalue weighted by molar-refractivity contribution is -0.129. The SMILES string of the molecule is Cc1cc(C)cc(-n2ccnc2SCC(=O)N2CCC(C(=O)c3cc(F)ccc3F)CC2)c1. The van der Waals surface area contributed by atoms with Crippen LogP contribution in [0, 0.1) is 31.4 Å². The summed E-state index contributed by atoms with van der Waals surface area (Å²) in [6, 6.07) is 9.17. The first kappa shape index (κ1) is 23.2. The van der Waals surface area contributed by atoms with Crippen LogP contribution in [-0.4, -0.2) is 45.0 Å². The molecule has 0 atom stereocenters. The number of imidazole rings is 1. The number of carbonyl (C=O) groups is 2. The Morgan fingerprint density at radius 3 is 2.45 bits per heavy atom. The number of thioether (sulfide) groups is 1. The average Bonchev–Trinajstić information content (AvgIpc) is 3.27. The summed E-state index contributed by atoms with van der Waals surface area (Å²) >= 11 is 1.37. The number of Topliss-reactive ketones (excluding diaryl/α,β-unsaturated/α-hetero) is 1. The van der Waals surface area contributed by atoms with Gasteiger partial charge in [-0.1, -0.05) is 17.8 Å². The van der Waals surface area contributed by atoms with E-state index in [0.717, 1.165) is 40.2 Å². The Kier molecular flexibility index (Phi) is 6.93. The number of amides is 1. The van der Waals surface area contributed by atoms with E-state index in [4.69, 9.17) is 0 Å². The number of hydrogen-bond acceptors (Lipinski definition) is 4. The Morgan fingerprint density at radius 1 is 1.06 bits per heavy atom. The Hall–Kier alpha value is -3.00. The summed E-state index contributed by atoms with van der Waals surface area (Å²) in [5.74, 6) is -1.96. The van der Waals surface area contributed by atoms with E-state index in [1.54, 1.807) is 11.1 Å². The molecule has 0 radical (unpaired) electrons. The zero-order valence-corrected chi connectivity index (χ0v) is 19.4. The lowest BCUT2D eigenvalue weighted by Gasteiger charge is -2.31. The van der Waals surface area contributed by atoms with Gasteiger partial charge in [-0.05, 0) is 68.1 Å².